The van der Waals surface area contributed by atoms with Crippen LogP contribution in [-0.4, -0.2) is 50.0 Å². The van der Waals surface area contributed by atoms with Gasteiger partial charge in [0.1, 0.15) is 0 Å². The Labute approximate surface area is 178 Å². The van der Waals surface area contributed by atoms with Gasteiger partial charge in [0.15, 0.2) is 0 Å². The summed E-state index contributed by atoms with van der Waals surface area (Å²) in [4.78, 5) is 15.3. The second-order valence-corrected chi connectivity index (χ2v) is 10.2. The van der Waals surface area contributed by atoms with Crippen LogP contribution in [0, 0.1) is 0 Å². The molecule has 0 N–H and O–H groups in total. The molecule has 2 aliphatic rings. The van der Waals surface area contributed by atoms with Gasteiger partial charge in [-0.05, 0) is 69.5 Å². The lowest BCUT2D eigenvalue weighted by Gasteiger charge is -2.35. The number of carbonyl (C=O) groups is 1. The van der Waals surface area contributed by atoms with Crippen molar-refractivity contribution in [2.75, 3.05) is 18.0 Å². The predicted octanol–water partition coefficient (Wildman–Crippen LogP) is 3.47. The van der Waals surface area contributed by atoms with Gasteiger partial charge >= 0.3 is 0 Å². The Kier molecular flexibility index (Phi) is 5.70. The van der Waals surface area contributed by atoms with E-state index in [0.717, 1.165) is 18.5 Å². The molecule has 2 aromatic rings. The summed E-state index contributed by atoms with van der Waals surface area (Å²) in [5.74, 6) is -0.104. The van der Waals surface area contributed by atoms with E-state index in [-0.39, 0.29) is 29.1 Å². The third-order valence-corrected chi connectivity index (χ3v) is 7.71. The Bertz CT molecular complexity index is 1030. The molecule has 6 nitrogen and oxygen atoms in total. The van der Waals surface area contributed by atoms with Crippen LogP contribution in [0.5, 0.6) is 0 Å². The number of nitrogens with zero attached hydrogens (tertiary/aromatic N) is 2. The highest BCUT2D eigenvalue weighted by atomic mass is 32.2. The topological polar surface area (TPSA) is 66.9 Å². The number of para-hydroxylation sites is 1. The quantitative estimate of drug-likeness (QED) is 0.751. The second kappa shape index (κ2) is 8.13. The van der Waals surface area contributed by atoms with E-state index in [2.05, 4.69) is 6.07 Å². The number of hydrogen-bond acceptors (Lipinski definition) is 4. The second-order valence-electron chi connectivity index (χ2n) is 8.30. The van der Waals surface area contributed by atoms with Crippen molar-refractivity contribution in [2.24, 2.45) is 0 Å². The van der Waals surface area contributed by atoms with Crippen LogP contribution in [0.25, 0.3) is 0 Å². The maximum Gasteiger partial charge on any atom is 0.258 e. The molecule has 0 saturated carbocycles. The minimum atomic E-state index is -3.63. The highest BCUT2D eigenvalue weighted by Gasteiger charge is 2.33. The summed E-state index contributed by atoms with van der Waals surface area (Å²) in [6.45, 7) is 6.45. The minimum absolute atomic E-state index is 0.0899. The number of ether oxygens (including phenoxy) is 1. The summed E-state index contributed by atoms with van der Waals surface area (Å²) in [5.41, 5.74) is 2.59. The van der Waals surface area contributed by atoms with Crippen molar-refractivity contribution in [2.45, 2.75) is 56.8 Å². The van der Waals surface area contributed by atoms with Crippen molar-refractivity contribution in [1.82, 2.24) is 4.31 Å². The van der Waals surface area contributed by atoms with Crippen molar-refractivity contribution in [3.8, 4) is 0 Å². The first-order valence-electron chi connectivity index (χ1n) is 10.4. The Balaban J connectivity index is 1.59. The van der Waals surface area contributed by atoms with Gasteiger partial charge in [-0.2, -0.15) is 4.31 Å². The van der Waals surface area contributed by atoms with Gasteiger partial charge in [0, 0.05) is 30.4 Å². The molecule has 2 heterocycles. The monoisotopic (exact) mass is 428 g/mol. The molecule has 3 unspecified atom stereocenters. The van der Waals surface area contributed by atoms with E-state index in [9.17, 15) is 13.2 Å². The summed E-state index contributed by atoms with van der Waals surface area (Å²) in [5, 5.41) is 0. The van der Waals surface area contributed by atoms with E-state index in [1.165, 1.54) is 22.0 Å². The summed E-state index contributed by atoms with van der Waals surface area (Å²) < 4.78 is 33.2. The summed E-state index contributed by atoms with van der Waals surface area (Å²) >= 11 is 0. The van der Waals surface area contributed by atoms with Crippen molar-refractivity contribution in [3.63, 3.8) is 0 Å². The molecule has 0 aliphatic carbocycles. The number of rotatable bonds is 3. The molecule has 2 aromatic carbocycles. The number of carbonyl (C=O) groups excluding carboxylic acids is 1. The van der Waals surface area contributed by atoms with E-state index in [1.54, 1.807) is 12.1 Å². The number of aryl methyl sites for hydroxylation is 1. The van der Waals surface area contributed by atoms with Crippen LogP contribution in [0.4, 0.5) is 5.69 Å². The summed E-state index contributed by atoms with van der Waals surface area (Å²) in [6, 6.07) is 14.4. The Morgan fingerprint density at radius 2 is 1.60 bits per heavy atom. The zero-order chi connectivity index (χ0) is 21.5. The van der Waals surface area contributed by atoms with Crippen LogP contribution < -0.4 is 4.90 Å². The van der Waals surface area contributed by atoms with E-state index < -0.39 is 10.0 Å². The fourth-order valence-corrected chi connectivity index (χ4v) is 5.97. The van der Waals surface area contributed by atoms with Gasteiger partial charge in [0.25, 0.3) is 5.91 Å². The summed E-state index contributed by atoms with van der Waals surface area (Å²) in [6.07, 6.45) is 1.56. The lowest BCUT2D eigenvalue weighted by Crippen LogP contribution is -2.48. The van der Waals surface area contributed by atoms with Gasteiger partial charge < -0.3 is 9.64 Å². The van der Waals surface area contributed by atoms with Crippen LogP contribution in [0.3, 0.4) is 0 Å². The number of anilines is 1. The molecular formula is C23H28N2O4S. The maximum absolute atomic E-state index is 13.3. The first-order valence-corrected chi connectivity index (χ1v) is 11.9. The van der Waals surface area contributed by atoms with Gasteiger partial charge in [0.2, 0.25) is 10.0 Å². The van der Waals surface area contributed by atoms with E-state index in [1.807, 2.05) is 43.9 Å². The number of hydrogen-bond donors (Lipinski definition) is 0. The van der Waals surface area contributed by atoms with E-state index in [4.69, 9.17) is 4.74 Å². The SMILES string of the molecule is CC1CN(S(=O)(=O)c2ccc(C(=O)N3c4ccccc4CCC3C)cc2)CC(C)O1. The molecule has 0 radical (unpaired) electrons. The van der Waals surface area contributed by atoms with Crippen LogP contribution in [0.2, 0.25) is 0 Å². The third-order valence-electron chi connectivity index (χ3n) is 5.87. The number of sulfonamides is 1. The number of fused-ring (bicyclic) bond motifs is 1. The molecule has 30 heavy (non-hydrogen) atoms. The fourth-order valence-electron chi connectivity index (χ4n) is 4.38. The molecule has 0 spiro atoms. The van der Waals surface area contributed by atoms with Gasteiger partial charge in [-0.3, -0.25) is 4.79 Å². The van der Waals surface area contributed by atoms with Crippen molar-refractivity contribution in [3.05, 3.63) is 59.7 Å². The van der Waals surface area contributed by atoms with Gasteiger partial charge in [-0.1, -0.05) is 18.2 Å². The molecule has 2 aliphatic heterocycles. The van der Waals surface area contributed by atoms with Gasteiger partial charge in [-0.25, -0.2) is 8.42 Å². The van der Waals surface area contributed by atoms with Crippen molar-refractivity contribution in [1.29, 1.82) is 0 Å². The van der Waals surface area contributed by atoms with Crippen LogP contribution >= 0.6 is 0 Å². The largest absolute Gasteiger partial charge is 0.373 e. The Morgan fingerprint density at radius 3 is 2.27 bits per heavy atom. The molecule has 3 atom stereocenters. The number of amides is 1. The van der Waals surface area contributed by atoms with Crippen LogP contribution in [0.15, 0.2) is 53.4 Å². The van der Waals surface area contributed by atoms with Gasteiger partial charge in [0.05, 0.1) is 17.1 Å². The molecule has 160 valence electrons. The molecule has 1 saturated heterocycles. The molecule has 1 amide bonds. The molecule has 7 heteroatoms. The average molecular weight is 429 g/mol. The Morgan fingerprint density at radius 1 is 0.967 bits per heavy atom. The molecule has 0 aromatic heterocycles. The van der Waals surface area contributed by atoms with Gasteiger partial charge in [-0.15, -0.1) is 0 Å². The summed E-state index contributed by atoms with van der Waals surface area (Å²) in [7, 11) is -3.63. The van der Waals surface area contributed by atoms with Crippen LogP contribution in [-0.2, 0) is 21.2 Å². The first kappa shape index (κ1) is 21.0. The third kappa shape index (κ3) is 3.89. The lowest BCUT2D eigenvalue weighted by atomic mass is 9.96. The zero-order valence-corrected chi connectivity index (χ0v) is 18.4. The number of morpholine rings is 1. The molecular weight excluding hydrogens is 400 g/mol. The van der Waals surface area contributed by atoms with E-state index in [0.29, 0.717) is 18.7 Å². The molecule has 4 rings (SSSR count). The van der Waals surface area contributed by atoms with Crippen LogP contribution in [0.1, 0.15) is 43.1 Å². The molecule has 0 bridgehead atoms. The smallest absolute Gasteiger partial charge is 0.258 e. The highest BCUT2D eigenvalue weighted by molar-refractivity contribution is 7.89. The fraction of sp³-hybridized carbons (Fsp3) is 0.435. The maximum atomic E-state index is 13.3. The number of benzene rings is 2. The minimum Gasteiger partial charge on any atom is -0.373 e. The first-order chi connectivity index (χ1) is 14.3. The Hall–Kier alpha value is -2.22. The lowest BCUT2D eigenvalue weighted by molar-refractivity contribution is -0.0440. The average Bonchev–Trinajstić information content (AvgIpc) is 2.72. The normalized spacial score (nSPS) is 25.0. The highest BCUT2D eigenvalue weighted by Crippen LogP contribution is 2.32. The van der Waals surface area contributed by atoms with Crippen molar-refractivity contribution >= 4 is 21.6 Å². The zero-order valence-electron chi connectivity index (χ0n) is 17.6. The van der Waals surface area contributed by atoms with E-state index >= 15 is 0 Å². The predicted molar refractivity (Wildman–Crippen MR) is 116 cm³/mol. The standard InChI is InChI=1S/C23H28N2O4S/c1-16-8-9-19-6-4-5-7-22(19)25(16)23(26)20-10-12-21(13-11-20)30(27,28)24-14-17(2)29-18(3)15-24/h4-7,10-13,16-18H,8-9,14-15H2,1-3H3. The van der Waals surface area contributed by atoms with Crippen molar-refractivity contribution < 1.29 is 17.9 Å². The molecule has 1 fully saturated rings.